The van der Waals surface area contributed by atoms with Crippen molar-refractivity contribution in [1.82, 2.24) is 4.57 Å². The van der Waals surface area contributed by atoms with E-state index >= 15 is 0 Å². The Morgan fingerprint density at radius 3 is 2.90 bits per heavy atom. The summed E-state index contributed by atoms with van der Waals surface area (Å²) in [6.07, 6.45) is 1.50. The molecule has 1 aromatic heterocycles. The first-order valence-electron chi connectivity index (χ1n) is 5.89. The van der Waals surface area contributed by atoms with E-state index in [2.05, 4.69) is 0 Å². The quantitative estimate of drug-likeness (QED) is 0.915. The SMILES string of the molecule is N#Cc1c(F)cccc1OCCn1cc(N)ccc1=O. The normalized spacial score (nSPS) is 10.0. The maximum Gasteiger partial charge on any atom is 0.250 e. The van der Waals surface area contributed by atoms with Gasteiger partial charge in [-0.05, 0) is 18.2 Å². The molecular formula is C14H12FN3O2. The Labute approximate surface area is 114 Å². The molecule has 0 amide bonds. The number of halogens is 1. The fraction of sp³-hybridized carbons (Fsp3) is 0.143. The van der Waals surface area contributed by atoms with E-state index in [9.17, 15) is 9.18 Å². The molecule has 0 aliphatic heterocycles. The summed E-state index contributed by atoms with van der Waals surface area (Å²) in [6.45, 7) is 0.382. The van der Waals surface area contributed by atoms with Gasteiger partial charge in [0.25, 0.3) is 5.56 Å². The van der Waals surface area contributed by atoms with Crippen LogP contribution in [0.2, 0.25) is 0 Å². The van der Waals surface area contributed by atoms with Gasteiger partial charge < -0.3 is 15.0 Å². The van der Waals surface area contributed by atoms with Crippen molar-refractivity contribution in [2.45, 2.75) is 6.54 Å². The Bertz CT molecular complexity index is 719. The van der Waals surface area contributed by atoms with Gasteiger partial charge in [-0.15, -0.1) is 0 Å². The third kappa shape index (κ3) is 2.95. The number of nitrogens with two attached hydrogens (primary N) is 1. The number of pyridine rings is 1. The van der Waals surface area contributed by atoms with Gasteiger partial charge in [-0.25, -0.2) is 4.39 Å². The molecule has 1 heterocycles. The molecule has 0 atom stereocenters. The van der Waals surface area contributed by atoms with Gasteiger partial charge in [0.15, 0.2) is 0 Å². The maximum absolute atomic E-state index is 13.3. The molecular weight excluding hydrogens is 261 g/mol. The van der Waals surface area contributed by atoms with Gasteiger partial charge in [-0.1, -0.05) is 6.07 Å². The topological polar surface area (TPSA) is 81.0 Å². The summed E-state index contributed by atoms with van der Waals surface area (Å²) in [7, 11) is 0. The van der Waals surface area contributed by atoms with Crippen LogP contribution in [0.4, 0.5) is 10.1 Å². The highest BCUT2D eigenvalue weighted by molar-refractivity contribution is 5.43. The van der Waals surface area contributed by atoms with Crippen LogP contribution in [0.3, 0.4) is 0 Å². The van der Waals surface area contributed by atoms with E-state index in [1.54, 1.807) is 6.07 Å². The first-order chi connectivity index (χ1) is 9.61. The lowest BCUT2D eigenvalue weighted by Crippen LogP contribution is -2.22. The Morgan fingerprint density at radius 1 is 1.35 bits per heavy atom. The highest BCUT2D eigenvalue weighted by Gasteiger charge is 2.08. The molecule has 2 aromatic rings. The number of benzene rings is 1. The lowest BCUT2D eigenvalue weighted by Gasteiger charge is -2.10. The zero-order valence-corrected chi connectivity index (χ0v) is 10.5. The van der Waals surface area contributed by atoms with Crippen LogP contribution in [0.15, 0.2) is 41.3 Å². The molecule has 0 aliphatic rings. The fourth-order valence-corrected chi connectivity index (χ4v) is 1.71. The van der Waals surface area contributed by atoms with Crippen LogP contribution in [-0.2, 0) is 6.54 Å². The molecule has 0 aliphatic carbocycles. The van der Waals surface area contributed by atoms with Gasteiger partial charge in [0, 0.05) is 18.0 Å². The van der Waals surface area contributed by atoms with Crippen LogP contribution >= 0.6 is 0 Å². The molecule has 6 heteroatoms. The van der Waals surface area contributed by atoms with Gasteiger partial charge >= 0.3 is 0 Å². The Balaban J connectivity index is 2.07. The average molecular weight is 273 g/mol. The largest absolute Gasteiger partial charge is 0.490 e. The smallest absolute Gasteiger partial charge is 0.250 e. The molecule has 0 spiro atoms. The van der Waals surface area contributed by atoms with Crippen LogP contribution in [-0.4, -0.2) is 11.2 Å². The van der Waals surface area contributed by atoms with E-state index in [0.717, 1.165) is 0 Å². The summed E-state index contributed by atoms with van der Waals surface area (Å²) in [5.41, 5.74) is 5.70. The molecule has 1 aromatic carbocycles. The zero-order chi connectivity index (χ0) is 14.5. The van der Waals surface area contributed by atoms with E-state index in [-0.39, 0.29) is 30.0 Å². The number of nitrogen functional groups attached to an aromatic ring is 1. The molecule has 2 N–H and O–H groups in total. The third-order valence-electron chi connectivity index (χ3n) is 2.68. The van der Waals surface area contributed by atoms with E-state index in [1.807, 2.05) is 0 Å². The minimum atomic E-state index is -0.633. The van der Waals surface area contributed by atoms with Crippen LogP contribution in [0.25, 0.3) is 0 Å². The van der Waals surface area contributed by atoms with Gasteiger partial charge in [0.1, 0.15) is 29.8 Å². The zero-order valence-electron chi connectivity index (χ0n) is 10.5. The molecule has 0 unspecified atom stereocenters. The number of ether oxygens (including phenoxy) is 1. The summed E-state index contributed by atoms with van der Waals surface area (Å²) in [5, 5.41) is 8.85. The summed E-state index contributed by atoms with van der Waals surface area (Å²) in [6, 6.07) is 8.77. The Kier molecular flexibility index (Phi) is 4.01. The van der Waals surface area contributed by atoms with Gasteiger partial charge in [0.2, 0.25) is 0 Å². The number of hydrogen-bond donors (Lipinski definition) is 1. The third-order valence-corrected chi connectivity index (χ3v) is 2.68. The van der Waals surface area contributed by atoms with Crippen LogP contribution in [0.1, 0.15) is 5.56 Å². The van der Waals surface area contributed by atoms with E-state index in [4.69, 9.17) is 15.7 Å². The number of hydrogen-bond acceptors (Lipinski definition) is 4. The number of rotatable bonds is 4. The highest BCUT2D eigenvalue weighted by Crippen LogP contribution is 2.20. The van der Waals surface area contributed by atoms with Crippen molar-refractivity contribution in [3.8, 4) is 11.8 Å². The minimum absolute atomic E-state index is 0.126. The summed E-state index contributed by atoms with van der Waals surface area (Å²) in [5.74, 6) is -0.476. The predicted molar refractivity (Wildman–Crippen MR) is 71.7 cm³/mol. The van der Waals surface area contributed by atoms with E-state index in [1.165, 1.54) is 41.1 Å². The molecule has 0 bridgehead atoms. The monoisotopic (exact) mass is 273 g/mol. The highest BCUT2D eigenvalue weighted by atomic mass is 19.1. The second kappa shape index (κ2) is 5.89. The van der Waals surface area contributed by atoms with Crippen molar-refractivity contribution in [3.63, 3.8) is 0 Å². The predicted octanol–water partition coefficient (Wildman–Crippen LogP) is 1.52. The lowest BCUT2D eigenvalue weighted by molar-refractivity contribution is 0.294. The number of anilines is 1. The van der Waals surface area contributed by atoms with Crippen molar-refractivity contribution in [1.29, 1.82) is 5.26 Å². The van der Waals surface area contributed by atoms with Crippen LogP contribution in [0.5, 0.6) is 5.75 Å². The first kappa shape index (κ1) is 13.6. The second-order valence-corrected chi connectivity index (χ2v) is 4.07. The summed E-state index contributed by atoms with van der Waals surface area (Å²) in [4.78, 5) is 11.5. The molecule has 20 heavy (non-hydrogen) atoms. The fourth-order valence-electron chi connectivity index (χ4n) is 1.71. The lowest BCUT2D eigenvalue weighted by atomic mass is 10.2. The van der Waals surface area contributed by atoms with E-state index < -0.39 is 5.82 Å². The molecule has 5 nitrogen and oxygen atoms in total. The van der Waals surface area contributed by atoms with Crippen molar-refractivity contribution in [2.75, 3.05) is 12.3 Å². The van der Waals surface area contributed by atoms with Crippen molar-refractivity contribution in [2.24, 2.45) is 0 Å². The maximum atomic E-state index is 13.3. The van der Waals surface area contributed by atoms with Crippen LogP contribution < -0.4 is 16.0 Å². The number of aromatic nitrogens is 1. The second-order valence-electron chi connectivity index (χ2n) is 4.07. The Morgan fingerprint density at radius 2 is 2.15 bits per heavy atom. The molecule has 0 saturated carbocycles. The summed E-state index contributed by atoms with van der Waals surface area (Å²) >= 11 is 0. The van der Waals surface area contributed by atoms with Crippen molar-refractivity contribution in [3.05, 3.63) is 58.3 Å². The van der Waals surface area contributed by atoms with Gasteiger partial charge in [-0.2, -0.15) is 5.26 Å². The van der Waals surface area contributed by atoms with Crippen molar-refractivity contribution >= 4 is 5.69 Å². The van der Waals surface area contributed by atoms with Gasteiger partial charge in [0.05, 0.1) is 6.54 Å². The molecule has 0 fully saturated rings. The number of nitrogens with zero attached hydrogens (tertiary/aromatic N) is 2. The molecule has 2 rings (SSSR count). The minimum Gasteiger partial charge on any atom is -0.490 e. The molecule has 0 radical (unpaired) electrons. The van der Waals surface area contributed by atoms with E-state index in [0.29, 0.717) is 5.69 Å². The average Bonchev–Trinajstić information content (AvgIpc) is 2.43. The van der Waals surface area contributed by atoms with Gasteiger partial charge in [-0.3, -0.25) is 4.79 Å². The molecule has 102 valence electrons. The molecule has 0 saturated heterocycles. The summed E-state index contributed by atoms with van der Waals surface area (Å²) < 4.78 is 20.1. The standard InChI is InChI=1S/C14H12FN3O2/c15-12-2-1-3-13(11(12)8-16)20-7-6-18-9-10(17)4-5-14(18)19/h1-5,9H,6-7,17H2. The first-order valence-corrected chi connectivity index (χ1v) is 5.89. The van der Waals surface area contributed by atoms with Crippen molar-refractivity contribution < 1.29 is 9.13 Å². The number of nitriles is 1. The van der Waals surface area contributed by atoms with Crippen LogP contribution in [0, 0.1) is 17.1 Å². The Hall–Kier alpha value is -2.81.